The van der Waals surface area contributed by atoms with Gasteiger partial charge in [-0.1, -0.05) is 0 Å². The van der Waals surface area contributed by atoms with Crippen LogP contribution in [0.25, 0.3) is 0 Å². The SMILES string of the molecule is Cc1cc2c(n1C)CCC[C@@H]2N. The molecule has 0 fully saturated rings. The van der Waals surface area contributed by atoms with E-state index >= 15 is 0 Å². The van der Waals surface area contributed by atoms with Crippen molar-refractivity contribution in [2.75, 3.05) is 0 Å². The van der Waals surface area contributed by atoms with Gasteiger partial charge in [0.05, 0.1) is 0 Å². The first-order valence-corrected chi connectivity index (χ1v) is 4.61. The molecule has 0 aliphatic heterocycles. The molecule has 66 valence electrons. The predicted octanol–water partition coefficient (Wildman–Crippen LogP) is 1.67. The zero-order valence-corrected chi connectivity index (χ0v) is 7.80. The molecule has 0 radical (unpaired) electrons. The largest absolute Gasteiger partial charge is 0.352 e. The second-order valence-corrected chi connectivity index (χ2v) is 3.75. The Morgan fingerprint density at radius 1 is 1.58 bits per heavy atom. The van der Waals surface area contributed by atoms with Gasteiger partial charge in [-0.3, -0.25) is 0 Å². The third-order valence-corrected chi connectivity index (χ3v) is 2.96. The van der Waals surface area contributed by atoms with Crippen molar-refractivity contribution in [2.45, 2.75) is 32.2 Å². The van der Waals surface area contributed by atoms with Crippen molar-refractivity contribution >= 4 is 0 Å². The van der Waals surface area contributed by atoms with Crippen LogP contribution in [0.15, 0.2) is 6.07 Å². The molecule has 2 N–H and O–H groups in total. The average molecular weight is 164 g/mol. The lowest BCUT2D eigenvalue weighted by atomic mass is 9.93. The molecule has 0 aromatic carbocycles. The van der Waals surface area contributed by atoms with Gasteiger partial charge in [-0.25, -0.2) is 0 Å². The molecule has 1 atom stereocenters. The molecule has 2 rings (SSSR count). The highest BCUT2D eigenvalue weighted by molar-refractivity contribution is 5.32. The number of hydrogen-bond acceptors (Lipinski definition) is 1. The number of rotatable bonds is 0. The van der Waals surface area contributed by atoms with Gasteiger partial charge in [0.1, 0.15) is 0 Å². The molecular weight excluding hydrogens is 148 g/mol. The van der Waals surface area contributed by atoms with Gasteiger partial charge in [-0.2, -0.15) is 0 Å². The van der Waals surface area contributed by atoms with Crippen molar-refractivity contribution < 1.29 is 0 Å². The zero-order valence-electron chi connectivity index (χ0n) is 7.80. The fraction of sp³-hybridized carbons (Fsp3) is 0.600. The quantitative estimate of drug-likeness (QED) is 0.621. The second kappa shape index (κ2) is 2.63. The lowest BCUT2D eigenvalue weighted by molar-refractivity contribution is 0.553. The van der Waals surface area contributed by atoms with E-state index in [-0.39, 0.29) is 6.04 Å². The molecule has 0 unspecified atom stereocenters. The smallest absolute Gasteiger partial charge is 0.0313 e. The Morgan fingerprint density at radius 2 is 2.33 bits per heavy atom. The molecular formula is C10H16N2. The third kappa shape index (κ3) is 0.985. The Hall–Kier alpha value is -0.760. The van der Waals surface area contributed by atoms with Crippen LogP contribution >= 0.6 is 0 Å². The Morgan fingerprint density at radius 3 is 3.00 bits per heavy atom. The molecule has 1 aliphatic rings. The van der Waals surface area contributed by atoms with Gasteiger partial charge in [0, 0.05) is 24.5 Å². The highest BCUT2D eigenvalue weighted by atomic mass is 15.0. The number of nitrogens with two attached hydrogens (primary N) is 1. The van der Waals surface area contributed by atoms with E-state index in [9.17, 15) is 0 Å². The molecule has 12 heavy (non-hydrogen) atoms. The molecule has 1 heterocycles. The van der Waals surface area contributed by atoms with Crippen LogP contribution in [0, 0.1) is 6.92 Å². The topological polar surface area (TPSA) is 30.9 Å². The zero-order chi connectivity index (χ0) is 8.72. The molecule has 0 saturated carbocycles. The van der Waals surface area contributed by atoms with Crippen LogP contribution in [0.2, 0.25) is 0 Å². The van der Waals surface area contributed by atoms with Crippen LogP contribution in [0.3, 0.4) is 0 Å². The van der Waals surface area contributed by atoms with E-state index in [0.717, 1.165) is 6.42 Å². The van der Waals surface area contributed by atoms with E-state index in [2.05, 4.69) is 24.6 Å². The van der Waals surface area contributed by atoms with Crippen molar-refractivity contribution in [3.8, 4) is 0 Å². The van der Waals surface area contributed by atoms with Gasteiger partial charge in [0.2, 0.25) is 0 Å². The van der Waals surface area contributed by atoms with Crippen molar-refractivity contribution in [2.24, 2.45) is 12.8 Å². The summed E-state index contributed by atoms with van der Waals surface area (Å²) in [6.07, 6.45) is 3.59. The van der Waals surface area contributed by atoms with Gasteiger partial charge in [-0.15, -0.1) is 0 Å². The maximum Gasteiger partial charge on any atom is 0.0313 e. The fourth-order valence-electron chi connectivity index (χ4n) is 2.09. The minimum absolute atomic E-state index is 0.286. The maximum absolute atomic E-state index is 6.02. The average Bonchev–Trinajstić information content (AvgIpc) is 2.32. The minimum Gasteiger partial charge on any atom is -0.352 e. The Labute approximate surface area is 73.4 Å². The number of nitrogens with zero attached hydrogens (tertiary/aromatic N) is 1. The molecule has 2 nitrogen and oxygen atoms in total. The number of aryl methyl sites for hydroxylation is 1. The summed E-state index contributed by atoms with van der Waals surface area (Å²) < 4.78 is 2.27. The van der Waals surface area contributed by atoms with Crippen molar-refractivity contribution in [1.29, 1.82) is 0 Å². The first kappa shape index (κ1) is 7.87. The fourth-order valence-corrected chi connectivity index (χ4v) is 2.09. The number of fused-ring (bicyclic) bond motifs is 1. The first-order chi connectivity index (χ1) is 5.70. The summed E-state index contributed by atoms with van der Waals surface area (Å²) in [5.74, 6) is 0. The maximum atomic E-state index is 6.02. The van der Waals surface area contributed by atoms with Crippen molar-refractivity contribution in [1.82, 2.24) is 4.57 Å². The normalized spacial score (nSPS) is 22.4. The molecule has 2 heteroatoms. The highest BCUT2D eigenvalue weighted by Gasteiger charge is 2.20. The van der Waals surface area contributed by atoms with Crippen LogP contribution in [0.4, 0.5) is 0 Å². The third-order valence-electron chi connectivity index (χ3n) is 2.96. The molecule has 1 aliphatic carbocycles. The summed E-state index contributed by atoms with van der Waals surface area (Å²) in [6, 6.07) is 2.52. The van der Waals surface area contributed by atoms with Crippen molar-refractivity contribution in [3.05, 3.63) is 23.0 Å². The second-order valence-electron chi connectivity index (χ2n) is 3.75. The van der Waals surface area contributed by atoms with Gasteiger partial charge < -0.3 is 10.3 Å². The van der Waals surface area contributed by atoms with Gasteiger partial charge >= 0.3 is 0 Å². The molecule has 0 amide bonds. The van der Waals surface area contributed by atoms with Crippen LogP contribution in [-0.4, -0.2) is 4.57 Å². The predicted molar refractivity (Wildman–Crippen MR) is 50.0 cm³/mol. The van der Waals surface area contributed by atoms with Crippen LogP contribution in [0.1, 0.15) is 35.8 Å². The van der Waals surface area contributed by atoms with Gasteiger partial charge in [0.25, 0.3) is 0 Å². The number of hydrogen-bond donors (Lipinski definition) is 1. The summed E-state index contributed by atoms with van der Waals surface area (Å²) in [6.45, 7) is 2.14. The van der Waals surface area contributed by atoms with E-state index in [4.69, 9.17) is 5.73 Å². The molecule has 1 aromatic heterocycles. The Bertz CT molecular complexity index is 299. The molecule has 0 bridgehead atoms. The standard InChI is InChI=1S/C10H16N2/c1-7-6-8-9(11)4-3-5-10(8)12(7)2/h6,9H,3-5,11H2,1-2H3/t9-/m0/s1. The van der Waals surface area contributed by atoms with E-state index < -0.39 is 0 Å². The summed E-state index contributed by atoms with van der Waals surface area (Å²) in [7, 11) is 2.13. The van der Waals surface area contributed by atoms with E-state index in [1.54, 1.807) is 0 Å². The monoisotopic (exact) mass is 164 g/mol. The number of aromatic nitrogens is 1. The van der Waals surface area contributed by atoms with Gasteiger partial charge in [0.15, 0.2) is 0 Å². The molecule has 0 saturated heterocycles. The van der Waals surface area contributed by atoms with Crippen LogP contribution < -0.4 is 5.73 Å². The summed E-state index contributed by atoms with van der Waals surface area (Å²) in [5.41, 5.74) is 10.2. The summed E-state index contributed by atoms with van der Waals surface area (Å²) in [4.78, 5) is 0. The van der Waals surface area contributed by atoms with Gasteiger partial charge in [-0.05, 0) is 37.8 Å². The first-order valence-electron chi connectivity index (χ1n) is 4.61. The van der Waals surface area contributed by atoms with E-state index in [0.29, 0.717) is 0 Å². The van der Waals surface area contributed by atoms with Crippen molar-refractivity contribution in [3.63, 3.8) is 0 Å². The minimum atomic E-state index is 0.286. The highest BCUT2D eigenvalue weighted by Crippen LogP contribution is 2.29. The van der Waals surface area contributed by atoms with E-state index in [1.165, 1.54) is 29.8 Å². The summed E-state index contributed by atoms with van der Waals surface area (Å²) >= 11 is 0. The lowest BCUT2D eigenvalue weighted by Crippen LogP contribution is -2.17. The van der Waals surface area contributed by atoms with Crippen LogP contribution in [0.5, 0.6) is 0 Å². The van der Waals surface area contributed by atoms with Crippen LogP contribution in [-0.2, 0) is 13.5 Å². The summed E-state index contributed by atoms with van der Waals surface area (Å²) in [5, 5.41) is 0. The molecule has 1 aromatic rings. The van der Waals surface area contributed by atoms with E-state index in [1.807, 2.05) is 0 Å². The molecule has 0 spiro atoms. The Kier molecular flexibility index (Phi) is 1.72. The lowest BCUT2D eigenvalue weighted by Gasteiger charge is -2.19. The Balaban J connectivity index is 2.52.